The third kappa shape index (κ3) is 15.8. The van der Waals surface area contributed by atoms with Gasteiger partial charge in [0.05, 0.1) is 97.5 Å². The molecule has 698 valence electrons. The third-order valence-corrected chi connectivity index (χ3v) is 27.4. The number of hydrogen-bond donors (Lipinski definition) is 4. The first-order chi connectivity index (χ1) is 64.1. The molecule has 12 heterocycles. The van der Waals surface area contributed by atoms with Crippen LogP contribution in [0.4, 0.5) is 71.8 Å². The van der Waals surface area contributed by atoms with Crippen LogP contribution in [0.1, 0.15) is 126 Å². The second-order valence-electron chi connectivity index (χ2n) is 36.0. The summed E-state index contributed by atoms with van der Waals surface area (Å²) in [5.74, 6) is -7.92. The molecule has 3 saturated heterocycles. The number of nitrogens with one attached hydrogen (secondary N) is 1. The number of pyridine rings is 6. The Morgan fingerprint density at radius 3 is 1.19 bits per heavy atom. The highest BCUT2D eigenvalue weighted by atomic mass is 35.5. The third-order valence-electron chi connectivity index (χ3n) is 26.4. The number of nitrogens with two attached hydrogens (primary N) is 3. The Kier molecular flexibility index (Phi) is 25.3. The number of carbonyl (C=O) groups excluding carboxylic acids is 5. The van der Waals surface area contributed by atoms with Crippen molar-refractivity contribution in [3.05, 3.63) is 268 Å². The van der Waals surface area contributed by atoms with E-state index in [1.54, 1.807) is 85.3 Å². The smallest absolute Gasteiger partial charge is 0.281 e. The highest BCUT2D eigenvalue weighted by molar-refractivity contribution is 6.34. The van der Waals surface area contributed by atoms with E-state index < -0.39 is 93.1 Å². The number of benzene rings is 6. The fourth-order valence-corrected chi connectivity index (χ4v) is 20.6. The van der Waals surface area contributed by atoms with Crippen LogP contribution >= 0.6 is 34.8 Å². The summed E-state index contributed by atoms with van der Waals surface area (Å²) in [6.45, 7) is 34.2. The van der Waals surface area contributed by atoms with Crippen molar-refractivity contribution in [2.75, 3.05) is 88.4 Å². The molecule has 6 aromatic heterocycles. The molecule has 5 amide bonds. The van der Waals surface area contributed by atoms with Gasteiger partial charge in [0.25, 0.3) is 22.6 Å². The van der Waals surface area contributed by atoms with Crippen molar-refractivity contribution in [1.82, 2.24) is 43.4 Å². The fourth-order valence-electron chi connectivity index (χ4n) is 20.0. The zero-order valence-electron chi connectivity index (χ0n) is 76.3. The number of aryl methyl sites for hydroxylation is 3. The average Bonchev–Trinajstić information content (AvgIpc) is 0.615. The average molecular weight is 1900 g/mol. The number of nitrogen functional groups attached to an aromatic ring is 3. The summed E-state index contributed by atoms with van der Waals surface area (Å²) in [5.41, 5.74) is 21.4. The van der Waals surface area contributed by atoms with Crippen LogP contribution in [-0.2, 0) is 30.4 Å². The van der Waals surface area contributed by atoms with Crippen LogP contribution in [0.15, 0.2) is 162 Å². The van der Waals surface area contributed by atoms with Gasteiger partial charge >= 0.3 is 0 Å². The lowest BCUT2D eigenvalue weighted by Gasteiger charge is -2.50. The van der Waals surface area contributed by atoms with Crippen molar-refractivity contribution in [2.45, 2.75) is 150 Å². The number of halogens is 9. The quantitative estimate of drug-likeness (QED) is 0.0502. The van der Waals surface area contributed by atoms with Gasteiger partial charge in [0, 0.05) is 147 Å². The van der Waals surface area contributed by atoms with E-state index >= 15 is 26.3 Å². The van der Waals surface area contributed by atoms with E-state index in [1.807, 2.05) is 55.4 Å². The fraction of sp³-hybridized carbons (Fsp3) is 0.297. The monoisotopic (exact) mass is 1900 g/mol. The van der Waals surface area contributed by atoms with Crippen molar-refractivity contribution in [1.29, 1.82) is 0 Å². The van der Waals surface area contributed by atoms with Gasteiger partial charge in [-0.3, -0.25) is 67.0 Å². The molecule has 6 atom stereocenters. The van der Waals surface area contributed by atoms with Gasteiger partial charge < -0.3 is 56.8 Å². The predicted octanol–water partition coefficient (Wildman–Crippen LogP) is 17.6. The highest BCUT2D eigenvalue weighted by Crippen LogP contribution is 2.51. The molecule has 0 radical (unpaired) electrons. The number of rotatable bonds is 12. The Morgan fingerprint density at radius 1 is 0.444 bits per heavy atom. The Labute approximate surface area is 788 Å². The number of aromatic nitrogens is 6. The minimum Gasteiger partial charge on any atom is -0.399 e. The van der Waals surface area contributed by atoms with Crippen LogP contribution in [0.5, 0.6) is 0 Å². The number of likely N-dealkylation sites (N-methyl/N-ethyl adjacent to an activating group) is 1. The molecule has 12 aromatic rings. The summed E-state index contributed by atoms with van der Waals surface area (Å²) in [5, 5.41) is 3.38. The molecule has 6 unspecified atom stereocenters. The van der Waals surface area contributed by atoms with Crippen LogP contribution in [0.2, 0.25) is 15.1 Å². The first-order valence-corrected chi connectivity index (χ1v) is 45.2. The SMILES string of the molecule is C=CC(=O)N1CC2C(=O)N(C)c3c(c4cc(F)c(-c5cc(N)ccc5Cl)c(F)c4n(-c4c(C)ccnc4C(C)C)c3=O)N2CC1C.C=CC(=O)N1CC2C(=O)Nc3c(c4cc(F)c(-c5cc(N)ccc5Cl)c(F)c4n(-c4c(C)ccnc4C(C)C)c3=O)N2CC1C.C=CC(=O)N1CC2CCc3c(c4cc(F)c(-c5cc(N)ccc5Cl)c(F)c4n(-c4c(C)ccnc4C(C)C)c3=O)N2CC1C. The van der Waals surface area contributed by atoms with Gasteiger partial charge in [-0.1, -0.05) is 96.1 Å². The van der Waals surface area contributed by atoms with Gasteiger partial charge in [-0.25, -0.2) is 26.3 Å². The highest BCUT2D eigenvalue weighted by Gasteiger charge is 2.49. The van der Waals surface area contributed by atoms with Crippen LogP contribution in [0, 0.1) is 55.7 Å². The van der Waals surface area contributed by atoms with Crippen LogP contribution in [-0.4, -0.2) is 155 Å². The number of hydrogen-bond acceptors (Lipinski definition) is 17. The molecule has 6 aliphatic rings. The normalized spacial score (nSPS) is 17.9. The van der Waals surface area contributed by atoms with Gasteiger partial charge in [-0.05, 0) is 198 Å². The Morgan fingerprint density at radius 2 is 0.793 bits per heavy atom. The molecule has 34 heteroatoms. The van der Waals surface area contributed by atoms with Crippen molar-refractivity contribution >= 4 is 143 Å². The number of piperazine rings is 3. The minimum absolute atomic E-state index is 0.000367. The first kappa shape index (κ1) is 94.4. The molecule has 0 bridgehead atoms. The summed E-state index contributed by atoms with van der Waals surface area (Å²) < 4.78 is 104. The van der Waals surface area contributed by atoms with E-state index in [0.29, 0.717) is 88.1 Å². The number of carbonyl (C=O) groups is 5. The van der Waals surface area contributed by atoms with Gasteiger partial charge in [0.2, 0.25) is 23.6 Å². The summed E-state index contributed by atoms with van der Waals surface area (Å²) >= 11 is 19.4. The van der Waals surface area contributed by atoms with Crippen molar-refractivity contribution < 1.29 is 50.3 Å². The molecule has 0 spiro atoms. The minimum atomic E-state index is -1.03. The van der Waals surface area contributed by atoms with Gasteiger partial charge in [-0.2, -0.15) is 0 Å². The molecule has 135 heavy (non-hydrogen) atoms. The molecule has 6 aliphatic heterocycles. The van der Waals surface area contributed by atoms with E-state index in [-0.39, 0.29) is 183 Å². The lowest BCUT2D eigenvalue weighted by atomic mass is 9.89. The zero-order valence-corrected chi connectivity index (χ0v) is 78.6. The second kappa shape index (κ2) is 36.2. The maximum absolute atomic E-state index is 17.3. The summed E-state index contributed by atoms with van der Waals surface area (Å²) in [6, 6.07) is 19.0. The number of nitrogens with zero attached hydrogens (tertiary/aromatic N) is 13. The predicted molar refractivity (Wildman–Crippen MR) is 521 cm³/mol. The summed E-state index contributed by atoms with van der Waals surface area (Å²) in [4.78, 5) is 134. The van der Waals surface area contributed by atoms with Crippen molar-refractivity contribution in [3.8, 4) is 50.4 Å². The van der Waals surface area contributed by atoms with Crippen LogP contribution in [0.25, 0.3) is 83.2 Å². The van der Waals surface area contributed by atoms with Crippen molar-refractivity contribution in [2.24, 2.45) is 0 Å². The van der Waals surface area contributed by atoms with Crippen LogP contribution in [0.3, 0.4) is 0 Å². The maximum Gasteiger partial charge on any atom is 0.281 e. The molecule has 0 saturated carbocycles. The topological polar surface area (TPSA) is 303 Å². The largest absolute Gasteiger partial charge is 0.399 e. The maximum atomic E-state index is 17.3. The van der Waals surface area contributed by atoms with Gasteiger partial charge in [0.1, 0.15) is 40.9 Å². The Bertz CT molecular complexity index is 7330. The molecule has 18 rings (SSSR count). The molecule has 6 aromatic carbocycles. The molecular formula is C101H98Cl3F6N17O8. The van der Waals surface area contributed by atoms with Crippen molar-refractivity contribution in [3.63, 3.8) is 0 Å². The molecule has 0 aliphatic carbocycles. The van der Waals surface area contributed by atoms with Gasteiger partial charge in [-0.15, -0.1) is 0 Å². The summed E-state index contributed by atoms with van der Waals surface area (Å²) in [6.07, 6.45) is 9.53. The Balaban J connectivity index is 0.000000147. The molecular weight excluding hydrogens is 1800 g/mol. The summed E-state index contributed by atoms with van der Waals surface area (Å²) in [7, 11) is 1.46. The molecule has 3 fully saturated rings. The van der Waals surface area contributed by atoms with Gasteiger partial charge in [0.15, 0.2) is 17.5 Å². The Hall–Kier alpha value is -13.8. The lowest BCUT2D eigenvalue weighted by Crippen LogP contribution is -2.66. The van der Waals surface area contributed by atoms with Crippen LogP contribution < -0.4 is 58.8 Å². The lowest BCUT2D eigenvalue weighted by molar-refractivity contribution is -0.132. The van der Waals surface area contributed by atoms with E-state index in [9.17, 15) is 38.4 Å². The van der Waals surface area contributed by atoms with E-state index in [1.165, 1.54) is 114 Å². The molecule has 25 nitrogen and oxygen atoms in total. The van der Waals surface area contributed by atoms with E-state index in [0.717, 1.165) is 11.6 Å². The molecule has 7 N–H and O–H groups in total. The standard InChI is InChI=1S/C34H33ClF2N6O3.C34H34ClF2N5O2.C33H31ClF2N6O3/c1-7-25(44)41-15-24-33(45)40(6)32-31(42(24)14-18(41)5)21-13-23(36)26(20-12-19(38)8-9-22(20)35)27(37)30(21)43(34(32)46)29-17(4)10-11-39-28(29)16(2)3;1-6-27(43)40-16-21-8-9-22-32(41(21)15-19(40)5)24-14-26(36)28(23-13-20(38)7-10-25(23)35)29(37)33(24)42(34(22)44)31-18(4)11-12-39-30(31)17(2)3;1-6-24(43)40-14-23-32(44)39-28-31(41(23)13-17(40)5)20-12-22(35)25(19-11-18(37)7-8-21(19)34)26(36)30(20)42(33(28)45)29-16(4)9-10-38-27(29)15(2)3/h7-13,16,18,24H,1,14-15,38H2,2-6H3;6-7,10-14,17,19,21H,1,8-9,15-16,38H2,2-5H3;6-12,15,17,23H,1,13-14,37H2,2-5H3,(H,39,44). The second-order valence-corrected chi connectivity index (χ2v) is 37.2. The zero-order chi connectivity index (χ0) is 97.4. The number of amides is 5. The number of fused-ring (bicyclic) bond motifs is 15. The number of anilines is 8. The van der Waals surface area contributed by atoms with E-state index in [2.05, 4.69) is 44.9 Å². The first-order valence-electron chi connectivity index (χ1n) is 44.1. The van der Waals surface area contributed by atoms with E-state index in [4.69, 9.17) is 52.0 Å².